The fourth-order valence-corrected chi connectivity index (χ4v) is 4.83. The van der Waals surface area contributed by atoms with Gasteiger partial charge in [0.05, 0.1) is 25.5 Å². The van der Waals surface area contributed by atoms with Gasteiger partial charge in [0.2, 0.25) is 15.9 Å². The molecule has 1 aliphatic rings. The molecule has 0 saturated carbocycles. The smallest absolute Gasteiger partial charge is 0.240 e. The largest absolute Gasteiger partial charge is 0.497 e. The minimum absolute atomic E-state index is 0.00989. The maximum Gasteiger partial charge on any atom is 0.240 e. The quantitative estimate of drug-likeness (QED) is 0.698. The van der Waals surface area contributed by atoms with Crippen LogP contribution in [0.15, 0.2) is 47.4 Å². The number of ether oxygens (including phenoxy) is 2. The SMILES string of the molecule is COc1cc(CC(=O)N2CCC(NS(=O)(=O)c3ccc(Cl)cc3)CC2)cc(OC)c1. The Hall–Kier alpha value is -2.29. The zero-order valence-corrected chi connectivity index (χ0v) is 18.5. The molecule has 1 saturated heterocycles. The van der Waals surface area contributed by atoms with Crippen LogP contribution < -0.4 is 14.2 Å². The number of rotatable bonds is 7. The maximum atomic E-state index is 12.7. The van der Waals surface area contributed by atoms with Gasteiger partial charge in [0, 0.05) is 30.2 Å². The van der Waals surface area contributed by atoms with E-state index in [1.165, 1.54) is 12.1 Å². The van der Waals surface area contributed by atoms with E-state index in [0.717, 1.165) is 5.56 Å². The molecule has 0 atom stereocenters. The number of methoxy groups -OCH3 is 2. The lowest BCUT2D eigenvalue weighted by molar-refractivity contribution is -0.131. The first-order chi connectivity index (χ1) is 14.3. The van der Waals surface area contributed by atoms with Crippen LogP contribution >= 0.6 is 11.6 Å². The summed E-state index contributed by atoms with van der Waals surface area (Å²) in [5.74, 6) is 1.25. The van der Waals surface area contributed by atoms with E-state index in [1.54, 1.807) is 37.3 Å². The van der Waals surface area contributed by atoms with Crippen molar-refractivity contribution < 1.29 is 22.7 Å². The number of hydrogen-bond acceptors (Lipinski definition) is 5. The van der Waals surface area contributed by atoms with Crippen LogP contribution in [0, 0.1) is 0 Å². The lowest BCUT2D eigenvalue weighted by Gasteiger charge is -2.32. The van der Waals surface area contributed by atoms with Crippen molar-refractivity contribution in [2.75, 3.05) is 27.3 Å². The van der Waals surface area contributed by atoms with Crippen LogP contribution in [-0.4, -0.2) is 52.6 Å². The first-order valence-electron chi connectivity index (χ1n) is 9.58. The molecule has 2 aromatic carbocycles. The summed E-state index contributed by atoms with van der Waals surface area (Å²) in [5.41, 5.74) is 0.807. The Morgan fingerprint density at radius 2 is 1.63 bits per heavy atom. The third kappa shape index (κ3) is 5.65. The van der Waals surface area contributed by atoms with E-state index in [2.05, 4.69) is 4.72 Å². The summed E-state index contributed by atoms with van der Waals surface area (Å²) in [4.78, 5) is 14.6. The van der Waals surface area contributed by atoms with Crippen LogP contribution in [-0.2, 0) is 21.2 Å². The summed E-state index contributed by atoms with van der Waals surface area (Å²) >= 11 is 5.82. The van der Waals surface area contributed by atoms with E-state index >= 15 is 0 Å². The highest BCUT2D eigenvalue weighted by atomic mass is 35.5. The average molecular weight is 453 g/mol. The maximum absolute atomic E-state index is 12.7. The molecule has 0 radical (unpaired) electrons. The van der Waals surface area contributed by atoms with Gasteiger partial charge in [-0.15, -0.1) is 0 Å². The Kier molecular flexibility index (Phi) is 7.23. The Labute approximate surface area is 182 Å². The topological polar surface area (TPSA) is 84.9 Å². The highest BCUT2D eigenvalue weighted by Gasteiger charge is 2.26. The van der Waals surface area contributed by atoms with E-state index in [-0.39, 0.29) is 23.3 Å². The van der Waals surface area contributed by atoms with Gasteiger partial charge in [-0.1, -0.05) is 11.6 Å². The van der Waals surface area contributed by atoms with Gasteiger partial charge in [0.15, 0.2) is 0 Å². The number of sulfonamides is 1. The molecule has 3 rings (SSSR count). The normalized spacial score (nSPS) is 15.1. The lowest BCUT2D eigenvalue weighted by Crippen LogP contribution is -2.46. The van der Waals surface area contributed by atoms with Crippen LogP contribution in [0.2, 0.25) is 5.02 Å². The molecular formula is C21H25ClN2O5S. The van der Waals surface area contributed by atoms with Crippen LogP contribution in [0.1, 0.15) is 18.4 Å². The van der Waals surface area contributed by atoms with E-state index in [1.807, 2.05) is 12.1 Å². The predicted octanol–water partition coefficient (Wildman–Crippen LogP) is 2.87. The molecule has 0 aliphatic carbocycles. The Morgan fingerprint density at radius 1 is 1.07 bits per heavy atom. The fourth-order valence-electron chi connectivity index (χ4n) is 3.40. The highest BCUT2D eigenvalue weighted by Crippen LogP contribution is 2.24. The number of carbonyl (C=O) groups is 1. The van der Waals surface area contributed by atoms with Crippen LogP contribution in [0.25, 0.3) is 0 Å². The van der Waals surface area contributed by atoms with Gasteiger partial charge in [-0.25, -0.2) is 13.1 Å². The van der Waals surface area contributed by atoms with Crippen molar-refractivity contribution in [3.8, 4) is 11.5 Å². The molecule has 1 aliphatic heterocycles. The van der Waals surface area contributed by atoms with Gasteiger partial charge in [-0.05, 0) is 54.8 Å². The number of amides is 1. The number of carbonyl (C=O) groups excluding carboxylic acids is 1. The number of hydrogen-bond donors (Lipinski definition) is 1. The van der Waals surface area contributed by atoms with Gasteiger partial charge in [0.1, 0.15) is 11.5 Å². The molecule has 0 bridgehead atoms. The van der Waals surface area contributed by atoms with Crippen LogP contribution in [0.3, 0.4) is 0 Å². The van der Waals surface area contributed by atoms with Crippen molar-refractivity contribution in [3.05, 3.63) is 53.1 Å². The summed E-state index contributed by atoms with van der Waals surface area (Å²) in [6.07, 6.45) is 1.34. The van der Waals surface area contributed by atoms with Crippen LogP contribution in [0.4, 0.5) is 0 Å². The standard InChI is InChI=1S/C21H25ClN2O5S/c1-28-18-11-15(12-19(14-18)29-2)13-21(25)24-9-7-17(8-10-24)23-30(26,27)20-5-3-16(22)4-6-20/h3-6,11-12,14,17,23H,7-10,13H2,1-2H3. The number of nitrogens with zero attached hydrogens (tertiary/aromatic N) is 1. The second-order valence-corrected chi connectivity index (χ2v) is 9.28. The third-order valence-corrected chi connectivity index (χ3v) is 6.85. The molecule has 2 aromatic rings. The molecule has 1 heterocycles. The molecule has 1 N–H and O–H groups in total. The van der Waals surface area contributed by atoms with Crippen molar-refractivity contribution in [3.63, 3.8) is 0 Å². The first kappa shape index (κ1) is 22.4. The Balaban J connectivity index is 1.56. The number of likely N-dealkylation sites (tertiary alicyclic amines) is 1. The average Bonchev–Trinajstić information content (AvgIpc) is 2.74. The van der Waals surface area contributed by atoms with E-state index in [4.69, 9.17) is 21.1 Å². The molecule has 30 heavy (non-hydrogen) atoms. The predicted molar refractivity (Wildman–Crippen MR) is 115 cm³/mol. The lowest BCUT2D eigenvalue weighted by atomic mass is 10.0. The van der Waals surface area contributed by atoms with Crippen molar-refractivity contribution in [2.45, 2.75) is 30.2 Å². The number of benzene rings is 2. The minimum Gasteiger partial charge on any atom is -0.497 e. The summed E-state index contributed by atoms with van der Waals surface area (Å²) in [6.45, 7) is 0.988. The zero-order chi connectivity index (χ0) is 21.7. The monoisotopic (exact) mass is 452 g/mol. The highest BCUT2D eigenvalue weighted by molar-refractivity contribution is 7.89. The zero-order valence-electron chi connectivity index (χ0n) is 16.9. The Morgan fingerprint density at radius 3 is 2.17 bits per heavy atom. The number of nitrogens with one attached hydrogen (secondary N) is 1. The van der Waals surface area contributed by atoms with Crippen molar-refractivity contribution in [2.24, 2.45) is 0 Å². The molecule has 0 aromatic heterocycles. The molecule has 0 spiro atoms. The van der Waals surface area contributed by atoms with Crippen molar-refractivity contribution >= 4 is 27.5 Å². The molecule has 162 valence electrons. The molecule has 7 nitrogen and oxygen atoms in total. The molecule has 0 unspecified atom stereocenters. The summed E-state index contributed by atoms with van der Waals surface area (Å²) < 4.78 is 38.3. The van der Waals surface area contributed by atoms with Gasteiger partial charge >= 0.3 is 0 Å². The van der Waals surface area contributed by atoms with Gasteiger partial charge in [-0.2, -0.15) is 0 Å². The van der Waals surface area contributed by atoms with Gasteiger partial charge < -0.3 is 14.4 Å². The number of halogens is 1. The van der Waals surface area contributed by atoms with Gasteiger partial charge in [0.25, 0.3) is 0 Å². The summed E-state index contributed by atoms with van der Waals surface area (Å²) in [6, 6.07) is 11.2. The summed E-state index contributed by atoms with van der Waals surface area (Å²) in [5, 5.41) is 0.481. The minimum atomic E-state index is -3.62. The van der Waals surface area contributed by atoms with Crippen LogP contribution in [0.5, 0.6) is 11.5 Å². The fraction of sp³-hybridized carbons (Fsp3) is 0.381. The molecule has 1 amide bonds. The van der Waals surface area contributed by atoms with E-state index in [9.17, 15) is 13.2 Å². The summed E-state index contributed by atoms with van der Waals surface area (Å²) in [7, 11) is -0.487. The molecule has 9 heteroatoms. The second kappa shape index (κ2) is 9.68. The second-order valence-electron chi connectivity index (χ2n) is 7.13. The molecular weight excluding hydrogens is 428 g/mol. The van der Waals surface area contributed by atoms with Crippen molar-refractivity contribution in [1.82, 2.24) is 9.62 Å². The van der Waals surface area contributed by atoms with Crippen molar-refractivity contribution in [1.29, 1.82) is 0 Å². The third-order valence-electron chi connectivity index (χ3n) is 5.06. The van der Waals surface area contributed by atoms with E-state index in [0.29, 0.717) is 42.5 Å². The molecule has 1 fully saturated rings. The first-order valence-corrected chi connectivity index (χ1v) is 11.4. The van der Waals surface area contributed by atoms with E-state index < -0.39 is 10.0 Å². The Bertz CT molecular complexity index is 965. The number of piperidine rings is 1. The van der Waals surface area contributed by atoms with Gasteiger partial charge in [-0.3, -0.25) is 4.79 Å².